The lowest BCUT2D eigenvalue weighted by atomic mass is 10.0. The fraction of sp³-hybridized carbons (Fsp3) is 0.316. The first-order chi connectivity index (χ1) is 13.8. The van der Waals surface area contributed by atoms with Crippen LogP contribution in [0.5, 0.6) is 5.75 Å². The molecule has 1 amide bonds. The van der Waals surface area contributed by atoms with Crippen molar-refractivity contribution in [1.82, 2.24) is 20.1 Å². The van der Waals surface area contributed by atoms with Crippen LogP contribution in [0.4, 0.5) is 8.78 Å². The van der Waals surface area contributed by atoms with Gasteiger partial charge in [-0.15, -0.1) is 0 Å². The molecule has 3 N–H and O–H groups in total. The van der Waals surface area contributed by atoms with Gasteiger partial charge in [0.05, 0.1) is 5.39 Å². The molecule has 29 heavy (non-hydrogen) atoms. The SMILES string of the molecule is Cc1c(CCC(=O)NCc2ccccc2OC(F)F)c(=O)[nH]c2c1c(=O)[nH]n2C. The molecule has 0 fully saturated rings. The standard InChI is InChI=1S/C19H20F2N4O4/c1-10-12(17(27)23-16-15(10)18(28)24-25(16)2)7-8-14(26)22-9-11-5-3-4-6-13(11)29-19(20)21/h3-6,19H,7-9H2,1-2H3,(H,22,26)(H,23,27)(H,24,28). The lowest BCUT2D eigenvalue weighted by molar-refractivity contribution is -0.121. The zero-order valence-corrected chi connectivity index (χ0v) is 15.8. The summed E-state index contributed by atoms with van der Waals surface area (Å²) in [7, 11) is 1.61. The van der Waals surface area contributed by atoms with Gasteiger partial charge < -0.3 is 15.0 Å². The highest BCUT2D eigenvalue weighted by atomic mass is 19.3. The molecule has 0 bridgehead atoms. The molecule has 0 radical (unpaired) electrons. The van der Waals surface area contributed by atoms with E-state index in [0.717, 1.165) is 0 Å². The predicted molar refractivity (Wildman–Crippen MR) is 102 cm³/mol. The summed E-state index contributed by atoms with van der Waals surface area (Å²) in [5, 5.41) is 5.58. The number of nitrogens with zero attached hydrogens (tertiary/aromatic N) is 1. The van der Waals surface area contributed by atoms with Gasteiger partial charge in [-0.3, -0.25) is 24.2 Å². The Kier molecular flexibility index (Phi) is 5.81. The second-order valence-electron chi connectivity index (χ2n) is 6.54. The summed E-state index contributed by atoms with van der Waals surface area (Å²) < 4.78 is 30.8. The van der Waals surface area contributed by atoms with Crippen LogP contribution in [-0.4, -0.2) is 27.3 Å². The van der Waals surface area contributed by atoms with Gasteiger partial charge >= 0.3 is 6.61 Å². The van der Waals surface area contributed by atoms with Crippen molar-refractivity contribution in [2.45, 2.75) is 32.9 Å². The van der Waals surface area contributed by atoms with Crippen molar-refractivity contribution in [3.05, 3.63) is 61.7 Å². The Morgan fingerprint density at radius 1 is 1.24 bits per heavy atom. The Labute approximate surface area is 163 Å². The van der Waals surface area contributed by atoms with E-state index in [1.807, 2.05) is 0 Å². The number of carbonyl (C=O) groups excluding carboxylic acids is 1. The third-order valence-electron chi connectivity index (χ3n) is 4.67. The summed E-state index contributed by atoms with van der Waals surface area (Å²) in [5.41, 5.74) is 0.985. The molecule has 0 saturated carbocycles. The number of aryl methyl sites for hydroxylation is 2. The molecule has 0 spiro atoms. The van der Waals surface area contributed by atoms with Crippen LogP contribution in [0.3, 0.4) is 0 Å². The van der Waals surface area contributed by atoms with Crippen LogP contribution in [-0.2, 0) is 24.8 Å². The number of fused-ring (bicyclic) bond motifs is 1. The summed E-state index contributed by atoms with van der Waals surface area (Å²) in [6, 6.07) is 6.17. The molecule has 0 unspecified atom stereocenters. The van der Waals surface area contributed by atoms with E-state index in [9.17, 15) is 23.2 Å². The molecule has 2 aromatic heterocycles. The van der Waals surface area contributed by atoms with Crippen molar-refractivity contribution in [3.63, 3.8) is 0 Å². The Morgan fingerprint density at radius 3 is 2.69 bits per heavy atom. The number of aromatic amines is 2. The van der Waals surface area contributed by atoms with Crippen LogP contribution in [0.1, 0.15) is 23.1 Å². The van der Waals surface area contributed by atoms with Gasteiger partial charge in [-0.1, -0.05) is 18.2 Å². The van der Waals surface area contributed by atoms with Gasteiger partial charge in [0.25, 0.3) is 11.1 Å². The van der Waals surface area contributed by atoms with Crippen molar-refractivity contribution in [2.24, 2.45) is 7.05 Å². The maximum absolute atomic E-state index is 12.5. The van der Waals surface area contributed by atoms with E-state index in [1.54, 1.807) is 32.2 Å². The third-order valence-corrected chi connectivity index (χ3v) is 4.67. The number of pyridine rings is 1. The zero-order valence-electron chi connectivity index (χ0n) is 15.8. The first-order valence-corrected chi connectivity index (χ1v) is 8.87. The topological polar surface area (TPSA) is 109 Å². The molecule has 1 aromatic carbocycles. The number of halogens is 2. The second-order valence-corrected chi connectivity index (χ2v) is 6.54. The van der Waals surface area contributed by atoms with E-state index in [-0.39, 0.29) is 42.2 Å². The number of alkyl halides is 2. The number of para-hydroxylation sites is 1. The number of nitrogens with one attached hydrogen (secondary N) is 3. The molecule has 0 aliphatic rings. The fourth-order valence-electron chi connectivity index (χ4n) is 3.22. The first-order valence-electron chi connectivity index (χ1n) is 8.87. The largest absolute Gasteiger partial charge is 0.434 e. The van der Waals surface area contributed by atoms with E-state index in [4.69, 9.17) is 0 Å². The van der Waals surface area contributed by atoms with Crippen LogP contribution < -0.4 is 21.2 Å². The fourth-order valence-corrected chi connectivity index (χ4v) is 3.22. The zero-order chi connectivity index (χ0) is 21.1. The van der Waals surface area contributed by atoms with Crippen LogP contribution in [0.2, 0.25) is 0 Å². The summed E-state index contributed by atoms with van der Waals surface area (Å²) >= 11 is 0. The second kappa shape index (κ2) is 8.29. The quantitative estimate of drug-likeness (QED) is 0.555. The molecular weight excluding hydrogens is 386 g/mol. The molecule has 10 heteroatoms. The minimum absolute atomic E-state index is 0.00195. The maximum atomic E-state index is 12.5. The summed E-state index contributed by atoms with van der Waals surface area (Å²) in [6.07, 6.45) is 0.129. The lowest BCUT2D eigenvalue weighted by Crippen LogP contribution is -2.25. The number of hydrogen-bond acceptors (Lipinski definition) is 4. The van der Waals surface area contributed by atoms with E-state index in [0.29, 0.717) is 27.7 Å². The number of benzene rings is 1. The van der Waals surface area contributed by atoms with Crippen molar-refractivity contribution in [2.75, 3.05) is 0 Å². The van der Waals surface area contributed by atoms with Crippen LogP contribution in [0.15, 0.2) is 33.9 Å². The third kappa shape index (κ3) is 4.36. The van der Waals surface area contributed by atoms with E-state index in [2.05, 4.69) is 20.1 Å². The molecule has 2 heterocycles. The van der Waals surface area contributed by atoms with Crippen LogP contribution >= 0.6 is 0 Å². The van der Waals surface area contributed by atoms with Crippen molar-refractivity contribution in [1.29, 1.82) is 0 Å². The molecule has 3 rings (SSSR count). The van der Waals surface area contributed by atoms with Crippen LogP contribution in [0.25, 0.3) is 11.0 Å². The molecule has 8 nitrogen and oxygen atoms in total. The average Bonchev–Trinajstić information content (AvgIpc) is 2.94. The number of aromatic nitrogens is 3. The van der Waals surface area contributed by atoms with Gasteiger partial charge in [0, 0.05) is 31.1 Å². The van der Waals surface area contributed by atoms with Crippen molar-refractivity contribution < 1.29 is 18.3 Å². The molecule has 0 aliphatic heterocycles. The van der Waals surface area contributed by atoms with E-state index >= 15 is 0 Å². The van der Waals surface area contributed by atoms with Crippen molar-refractivity contribution in [3.8, 4) is 5.75 Å². The highest BCUT2D eigenvalue weighted by molar-refractivity contribution is 5.80. The molecule has 3 aromatic rings. The molecule has 0 saturated heterocycles. The predicted octanol–water partition coefficient (Wildman–Crippen LogP) is 1.71. The minimum atomic E-state index is -2.96. The summed E-state index contributed by atoms with van der Waals surface area (Å²) in [4.78, 5) is 39.2. The van der Waals surface area contributed by atoms with E-state index in [1.165, 1.54) is 10.7 Å². The number of hydrogen-bond donors (Lipinski definition) is 3. The van der Waals surface area contributed by atoms with Crippen molar-refractivity contribution >= 4 is 16.9 Å². The average molecular weight is 406 g/mol. The molecular formula is C19H20F2N4O4. The van der Waals surface area contributed by atoms with Gasteiger partial charge in [-0.2, -0.15) is 8.78 Å². The molecule has 0 atom stereocenters. The van der Waals surface area contributed by atoms with Crippen LogP contribution in [0, 0.1) is 6.92 Å². The Hall–Kier alpha value is -3.43. The Bertz CT molecular complexity index is 1160. The summed E-state index contributed by atoms with van der Waals surface area (Å²) in [5.74, 6) is -0.374. The van der Waals surface area contributed by atoms with Gasteiger partial charge in [0.1, 0.15) is 11.4 Å². The molecule has 154 valence electrons. The maximum Gasteiger partial charge on any atom is 0.387 e. The highest BCUT2D eigenvalue weighted by Crippen LogP contribution is 2.20. The lowest BCUT2D eigenvalue weighted by Gasteiger charge is -2.11. The minimum Gasteiger partial charge on any atom is -0.434 e. The highest BCUT2D eigenvalue weighted by Gasteiger charge is 2.16. The Balaban J connectivity index is 1.69. The number of carbonyl (C=O) groups is 1. The molecule has 0 aliphatic carbocycles. The van der Waals surface area contributed by atoms with Gasteiger partial charge in [-0.05, 0) is 25.0 Å². The smallest absolute Gasteiger partial charge is 0.387 e. The van der Waals surface area contributed by atoms with E-state index < -0.39 is 6.61 Å². The van der Waals surface area contributed by atoms with Gasteiger partial charge in [0.15, 0.2) is 0 Å². The Morgan fingerprint density at radius 2 is 1.97 bits per heavy atom. The number of ether oxygens (including phenoxy) is 1. The number of H-pyrrole nitrogens is 2. The summed E-state index contributed by atoms with van der Waals surface area (Å²) in [6.45, 7) is -1.29. The number of rotatable bonds is 7. The number of amides is 1. The van der Waals surface area contributed by atoms with Gasteiger partial charge in [-0.25, -0.2) is 0 Å². The first kappa shape index (κ1) is 20.3. The van der Waals surface area contributed by atoms with Gasteiger partial charge in [0.2, 0.25) is 5.91 Å². The normalized spacial score (nSPS) is 11.2. The monoisotopic (exact) mass is 406 g/mol.